The topological polar surface area (TPSA) is 41.5 Å². The highest BCUT2D eigenvalue weighted by Gasteiger charge is 2.12. The molecule has 0 amide bonds. The van der Waals surface area contributed by atoms with Crippen LogP contribution in [0.2, 0.25) is 0 Å². The predicted molar refractivity (Wildman–Crippen MR) is 84.0 cm³/mol. The van der Waals surface area contributed by atoms with Crippen molar-refractivity contribution in [3.05, 3.63) is 35.4 Å². The molecule has 114 valence electrons. The van der Waals surface area contributed by atoms with Crippen molar-refractivity contribution in [1.82, 2.24) is 5.32 Å². The lowest BCUT2D eigenvalue weighted by molar-refractivity contribution is 0.0629. The van der Waals surface area contributed by atoms with Gasteiger partial charge in [0.05, 0.1) is 12.7 Å². The first kappa shape index (κ1) is 17.2. The third kappa shape index (κ3) is 6.51. The third-order valence-corrected chi connectivity index (χ3v) is 3.46. The molecule has 0 fully saturated rings. The van der Waals surface area contributed by atoms with Gasteiger partial charge in [0, 0.05) is 19.2 Å². The summed E-state index contributed by atoms with van der Waals surface area (Å²) >= 11 is 0. The van der Waals surface area contributed by atoms with Crippen molar-refractivity contribution in [2.75, 3.05) is 19.8 Å². The Hall–Kier alpha value is -0.900. The first-order valence-electron chi connectivity index (χ1n) is 7.53. The van der Waals surface area contributed by atoms with Gasteiger partial charge < -0.3 is 15.2 Å². The number of nitrogens with one attached hydrogen (secondary N) is 1. The van der Waals surface area contributed by atoms with Crippen molar-refractivity contribution >= 4 is 0 Å². The maximum absolute atomic E-state index is 9.54. The van der Waals surface area contributed by atoms with E-state index in [9.17, 15) is 5.11 Å². The third-order valence-electron chi connectivity index (χ3n) is 3.46. The van der Waals surface area contributed by atoms with Gasteiger partial charge in [0.1, 0.15) is 0 Å². The van der Waals surface area contributed by atoms with Crippen LogP contribution in [0.15, 0.2) is 24.3 Å². The van der Waals surface area contributed by atoms with Crippen LogP contribution in [0.25, 0.3) is 0 Å². The van der Waals surface area contributed by atoms with Crippen LogP contribution >= 0.6 is 0 Å². The Bertz CT molecular complexity index is 379. The fourth-order valence-corrected chi connectivity index (χ4v) is 2.11. The maximum Gasteiger partial charge on any atom is 0.0620 e. The molecule has 2 unspecified atom stereocenters. The van der Waals surface area contributed by atoms with Crippen molar-refractivity contribution in [3.8, 4) is 0 Å². The highest BCUT2D eigenvalue weighted by Crippen LogP contribution is 2.13. The number of benzene rings is 1. The molecule has 1 aromatic carbocycles. The van der Waals surface area contributed by atoms with E-state index in [4.69, 9.17) is 4.74 Å². The van der Waals surface area contributed by atoms with Crippen LogP contribution in [-0.4, -0.2) is 37.0 Å². The Balaban J connectivity index is 2.38. The zero-order valence-electron chi connectivity index (χ0n) is 13.2. The summed E-state index contributed by atoms with van der Waals surface area (Å²) in [6, 6.07) is 8.68. The fraction of sp³-hybridized carbons (Fsp3) is 0.647. The van der Waals surface area contributed by atoms with E-state index in [1.807, 2.05) is 13.8 Å². The van der Waals surface area contributed by atoms with Gasteiger partial charge >= 0.3 is 0 Å². The van der Waals surface area contributed by atoms with E-state index in [-0.39, 0.29) is 18.6 Å². The number of ether oxygens (including phenoxy) is 1. The van der Waals surface area contributed by atoms with Crippen molar-refractivity contribution in [3.63, 3.8) is 0 Å². The lowest BCUT2D eigenvalue weighted by atomic mass is 9.96. The average Bonchev–Trinajstić information content (AvgIpc) is 2.43. The molecule has 0 bridgehead atoms. The van der Waals surface area contributed by atoms with Crippen molar-refractivity contribution < 1.29 is 9.84 Å². The summed E-state index contributed by atoms with van der Waals surface area (Å²) in [6.07, 6.45) is 1.17. The van der Waals surface area contributed by atoms with E-state index in [0.717, 1.165) is 13.0 Å². The zero-order valence-corrected chi connectivity index (χ0v) is 13.2. The molecular formula is C17H29NO2. The van der Waals surface area contributed by atoms with Crippen molar-refractivity contribution in [2.24, 2.45) is 5.92 Å². The minimum absolute atomic E-state index is 0.207. The maximum atomic E-state index is 9.54. The molecule has 0 heterocycles. The summed E-state index contributed by atoms with van der Waals surface area (Å²) in [7, 11) is 0. The van der Waals surface area contributed by atoms with E-state index in [1.54, 1.807) is 0 Å². The number of hydrogen-bond acceptors (Lipinski definition) is 3. The highest BCUT2D eigenvalue weighted by atomic mass is 16.5. The quantitative estimate of drug-likeness (QED) is 0.730. The summed E-state index contributed by atoms with van der Waals surface area (Å²) in [6.45, 7) is 10.1. The van der Waals surface area contributed by atoms with E-state index in [1.165, 1.54) is 11.1 Å². The van der Waals surface area contributed by atoms with Crippen molar-refractivity contribution in [2.45, 2.75) is 46.3 Å². The minimum Gasteiger partial charge on any atom is -0.396 e. The zero-order chi connectivity index (χ0) is 15.0. The summed E-state index contributed by atoms with van der Waals surface area (Å²) in [4.78, 5) is 0. The Kier molecular flexibility index (Phi) is 7.82. The van der Waals surface area contributed by atoms with Gasteiger partial charge in [-0.15, -0.1) is 0 Å². The van der Waals surface area contributed by atoms with Crippen LogP contribution in [0.3, 0.4) is 0 Å². The molecule has 0 aliphatic rings. The second kappa shape index (κ2) is 9.11. The molecule has 0 spiro atoms. The predicted octanol–water partition coefficient (Wildman–Crippen LogP) is 2.55. The summed E-state index contributed by atoms with van der Waals surface area (Å²) in [5, 5.41) is 13.0. The molecule has 0 aromatic heterocycles. The van der Waals surface area contributed by atoms with Gasteiger partial charge in [-0.25, -0.2) is 0 Å². The Morgan fingerprint density at radius 2 is 1.90 bits per heavy atom. The Labute approximate surface area is 123 Å². The van der Waals surface area contributed by atoms with Crippen LogP contribution < -0.4 is 5.32 Å². The van der Waals surface area contributed by atoms with Gasteiger partial charge in [-0.2, -0.15) is 0 Å². The number of aliphatic hydroxyl groups excluding tert-OH is 1. The Morgan fingerprint density at radius 1 is 1.20 bits per heavy atom. The van der Waals surface area contributed by atoms with E-state index in [0.29, 0.717) is 12.6 Å². The van der Waals surface area contributed by atoms with E-state index in [2.05, 4.69) is 43.4 Å². The van der Waals surface area contributed by atoms with Gasteiger partial charge in [0.15, 0.2) is 0 Å². The Morgan fingerprint density at radius 3 is 2.50 bits per heavy atom. The van der Waals surface area contributed by atoms with Crippen LogP contribution in [-0.2, 0) is 11.2 Å². The molecule has 0 saturated heterocycles. The van der Waals surface area contributed by atoms with Crippen LogP contribution in [0.1, 0.15) is 31.9 Å². The van der Waals surface area contributed by atoms with Gasteiger partial charge in [0.25, 0.3) is 0 Å². The van der Waals surface area contributed by atoms with Crippen LogP contribution in [0.5, 0.6) is 0 Å². The van der Waals surface area contributed by atoms with Gasteiger partial charge in [-0.3, -0.25) is 0 Å². The van der Waals surface area contributed by atoms with Crippen LogP contribution in [0.4, 0.5) is 0 Å². The number of rotatable bonds is 9. The molecule has 0 radical (unpaired) electrons. The molecule has 2 atom stereocenters. The lowest BCUT2D eigenvalue weighted by Gasteiger charge is -2.21. The molecule has 0 aliphatic heterocycles. The molecule has 3 nitrogen and oxygen atoms in total. The molecule has 2 N–H and O–H groups in total. The molecule has 3 heteroatoms. The van der Waals surface area contributed by atoms with Gasteiger partial charge in [0.2, 0.25) is 0 Å². The SMILES string of the molecule is Cc1ccccc1CC(CO)CNC(C)COC(C)C. The number of aliphatic hydroxyl groups is 1. The van der Waals surface area contributed by atoms with Crippen molar-refractivity contribution in [1.29, 1.82) is 0 Å². The first-order chi connectivity index (χ1) is 9.52. The van der Waals surface area contributed by atoms with E-state index < -0.39 is 0 Å². The first-order valence-corrected chi connectivity index (χ1v) is 7.53. The molecular weight excluding hydrogens is 250 g/mol. The second-order valence-corrected chi connectivity index (χ2v) is 5.87. The molecule has 1 aromatic rings. The number of aryl methyl sites for hydroxylation is 1. The molecule has 0 saturated carbocycles. The molecule has 0 aliphatic carbocycles. The lowest BCUT2D eigenvalue weighted by Crippen LogP contribution is -2.36. The normalized spacial score (nSPS) is 14.5. The summed E-state index contributed by atoms with van der Waals surface area (Å²) < 4.78 is 5.58. The number of hydrogen-bond donors (Lipinski definition) is 2. The average molecular weight is 279 g/mol. The molecule has 20 heavy (non-hydrogen) atoms. The fourth-order valence-electron chi connectivity index (χ4n) is 2.11. The smallest absolute Gasteiger partial charge is 0.0620 e. The van der Waals surface area contributed by atoms with Gasteiger partial charge in [-0.1, -0.05) is 24.3 Å². The van der Waals surface area contributed by atoms with Gasteiger partial charge in [-0.05, 0) is 51.2 Å². The standard InChI is InChI=1S/C17H29NO2/c1-13(2)20-12-15(4)18-10-16(11-19)9-17-8-6-5-7-14(17)3/h5-8,13,15-16,18-19H,9-12H2,1-4H3. The highest BCUT2D eigenvalue weighted by molar-refractivity contribution is 5.25. The largest absolute Gasteiger partial charge is 0.396 e. The van der Waals surface area contributed by atoms with Crippen LogP contribution in [0, 0.1) is 12.8 Å². The molecule has 1 rings (SSSR count). The summed E-state index contributed by atoms with van der Waals surface area (Å²) in [5.41, 5.74) is 2.61. The van der Waals surface area contributed by atoms with E-state index >= 15 is 0 Å². The summed E-state index contributed by atoms with van der Waals surface area (Å²) in [5.74, 6) is 0.248. The monoisotopic (exact) mass is 279 g/mol. The second-order valence-electron chi connectivity index (χ2n) is 5.87. The minimum atomic E-state index is 0.207.